The third kappa shape index (κ3) is 6.06. The number of halogens is 1. The Morgan fingerprint density at radius 2 is 1.50 bits per heavy atom. The summed E-state index contributed by atoms with van der Waals surface area (Å²) in [7, 11) is 1.63. The smallest absolute Gasteiger partial charge is 0.227 e. The Balaban J connectivity index is 1.78. The monoisotopic (exact) mass is 533 g/mol. The summed E-state index contributed by atoms with van der Waals surface area (Å²) in [5, 5.41) is 20.1. The molecule has 0 saturated carbocycles. The van der Waals surface area contributed by atoms with Crippen LogP contribution in [-0.2, 0) is 14.3 Å². The molecule has 1 unspecified atom stereocenters. The van der Waals surface area contributed by atoms with Crippen molar-refractivity contribution in [1.82, 2.24) is 14.7 Å². The maximum Gasteiger partial charge on any atom is 0.227 e. The van der Waals surface area contributed by atoms with Crippen molar-refractivity contribution in [3.63, 3.8) is 0 Å². The van der Waals surface area contributed by atoms with E-state index in [1.54, 1.807) is 29.9 Å². The second kappa shape index (κ2) is 13.3. The fourth-order valence-electron chi connectivity index (χ4n) is 6.81. The Morgan fingerprint density at radius 3 is 2.00 bits per heavy atom. The highest BCUT2D eigenvalue weighted by Gasteiger charge is 2.48. The number of likely N-dealkylation sites (tertiary alicyclic amines) is 3. The summed E-state index contributed by atoms with van der Waals surface area (Å²) in [6.45, 7) is 4.60. The molecular formula is C29H44FN3O5. The van der Waals surface area contributed by atoms with E-state index >= 15 is 0 Å². The Kier molecular flexibility index (Phi) is 10.1. The minimum Gasteiger partial charge on any atom is -0.394 e. The number of methoxy groups -OCH3 is 1. The summed E-state index contributed by atoms with van der Waals surface area (Å²) in [5.74, 6) is -2.14. The average Bonchev–Trinajstić information content (AvgIpc) is 2.96. The van der Waals surface area contributed by atoms with Crippen LogP contribution >= 0.6 is 0 Å². The van der Waals surface area contributed by atoms with Gasteiger partial charge in [0.25, 0.3) is 0 Å². The number of aliphatic hydroxyl groups excluding tert-OH is 2. The molecule has 4 rings (SSSR count). The van der Waals surface area contributed by atoms with E-state index in [9.17, 15) is 24.2 Å². The number of carbonyl (C=O) groups is 2. The van der Waals surface area contributed by atoms with Crippen LogP contribution in [0.1, 0.15) is 55.6 Å². The number of piperidine rings is 3. The molecule has 1 aromatic rings. The van der Waals surface area contributed by atoms with Crippen molar-refractivity contribution in [3.8, 4) is 0 Å². The summed E-state index contributed by atoms with van der Waals surface area (Å²) in [5.41, 5.74) is 1.16. The van der Waals surface area contributed by atoms with E-state index in [1.807, 2.05) is 6.07 Å². The summed E-state index contributed by atoms with van der Waals surface area (Å²) >= 11 is 0. The van der Waals surface area contributed by atoms with Gasteiger partial charge in [-0.05, 0) is 62.6 Å². The Hall–Kier alpha value is -2.07. The minimum atomic E-state index is -0.570. The van der Waals surface area contributed by atoms with Gasteiger partial charge >= 0.3 is 0 Å². The van der Waals surface area contributed by atoms with Gasteiger partial charge in [-0.25, -0.2) is 4.39 Å². The van der Waals surface area contributed by atoms with Crippen LogP contribution in [0.5, 0.6) is 0 Å². The molecule has 3 aliphatic rings. The lowest BCUT2D eigenvalue weighted by Crippen LogP contribution is -2.59. The lowest BCUT2D eigenvalue weighted by molar-refractivity contribution is -0.150. The van der Waals surface area contributed by atoms with Crippen LogP contribution in [0.3, 0.4) is 0 Å². The van der Waals surface area contributed by atoms with Crippen LogP contribution in [0.2, 0.25) is 0 Å². The molecule has 3 saturated heterocycles. The van der Waals surface area contributed by atoms with E-state index in [1.165, 1.54) is 6.07 Å². The molecule has 8 nitrogen and oxygen atoms in total. The molecule has 3 fully saturated rings. The van der Waals surface area contributed by atoms with Gasteiger partial charge in [-0.1, -0.05) is 12.1 Å². The highest BCUT2D eigenvalue weighted by molar-refractivity contribution is 5.85. The largest absolute Gasteiger partial charge is 0.394 e. The second-order valence-corrected chi connectivity index (χ2v) is 11.2. The van der Waals surface area contributed by atoms with E-state index in [-0.39, 0.29) is 42.9 Å². The molecule has 0 bridgehead atoms. The zero-order chi connectivity index (χ0) is 27.2. The zero-order valence-corrected chi connectivity index (χ0v) is 22.9. The van der Waals surface area contributed by atoms with Crippen molar-refractivity contribution in [2.75, 3.05) is 59.7 Å². The molecule has 0 radical (unpaired) electrons. The van der Waals surface area contributed by atoms with Crippen LogP contribution in [0.15, 0.2) is 18.2 Å². The predicted octanol–water partition coefficient (Wildman–Crippen LogP) is 2.16. The minimum absolute atomic E-state index is 0.0744. The van der Waals surface area contributed by atoms with E-state index in [0.29, 0.717) is 50.5 Å². The molecule has 3 heterocycles. The molecule has 212 valence electrons. The van der Waals surface area contributed by atoms with Crippen LogP contribution in [0, 0.1) is 24.6 Å². The fraction of sp³-hybridized carbons (Fsp3) is 0.724. The first-order valence-electron chi connectivity index (χ1n) is 14.2. The third-order valence-electron chi connectivity index (χ3n) is 8.93. The van der Waals surface area contributed by atoms with Gasteiger partial charge in [-0.15, -0.1) is 0 Å². The van der Waals surface area contributed by atoms with Crippen molar-refractivity contribution in [2.45, 2.75) is 63.5 Å². The molecule has 2 amide bonds. The molecule has 0 spiro atoms. The van der Waals surface area contributed by atoms with Crippen molar-refractivity contribution in [2.24, 2.45) is 11.8 Å². The number of hydrogen-bond acceptors (Lipinski definition) is 6. The van der Waals surface area contributed by atoms with E-state index in [4.69, 9.17) is 4.74 Å². The first-order chi connectivity index (χ1) is 18.4. The van der Waals surface area contributed by atoms with Crippen LogP contribution in [0.4, 0.5) is 4.39 Å². The number of hydrogen-bond donors (Lipinski definition) is 2. The quantitative estimate of drug-likeness (QED) is 0.532. The van der Waals surface area contributed by atoms with E-state index < -0.39 is 17.8 Å². The first kappa shape index (κ1) is 28.9. The summed E-state index contributed by atoms with van der Waals surface area (Å²) < 4.78 is 20.2. The lowest BCUT2D eigenvalue weighted by atomic mass is 9.70. The number of aliphatic hydroxyl groups is 2. The van der Waals surface area contributed by atoms with Crippen LogP contribution < -0.4 is 0 Å². The Labute approximate surface area is 225 Å². The molecule has 3 aliphatic heterocycles. The van der Waals surface area contributed by atoms with Crippen molar-refractivity contribution in [1.29, 1.82) is 0 Å². The number of benzene rings is 1. The standard InChI is InChI=1S/C29H44FN3O5/c1-20-23(10-7-11-26(20)30)27-24(28(36)32-12-5-3-8-21(32)18-34)16-31(14-15-38-2)17-25(27)29(37)33-13-6-4-9-22(33)19-35/h7,10-11,21-22,24-25,27,34-35H,3-6,8-9,12-19H2,1-2H3/t21-,22+,24+,25-,27?. The Morgan fingerprint density at radius 1 is 0.947 bits per heavy atom. The lowest BCUT2D eigenvalue weighted by Gasteiger charge is -2.48. The second-order valence-electron chi connectivity index (χ2n) is 11.2. The van der Waals surface area contributed by atoms with Crippen molar-refractivity contribution < 1.29 is 28.9 Å². The van der Waals surface area contributed by atoms with Gasteiger partial charge in [-0.2, -0.15) is 0 Å². The van der Waals surface area contributed by atoms with Crippen LogP contribution in [-0.4, -0.2) is 108 Å². The molecule has 38 heavy (non-hydrogen) atoms. The highest BCUT2D eigenvalue weighted by atomic mass is 19.1. The van der Waals surface area contributed by atoms with Gasteiger partial charge in [0.1, 0.15) is 5.82 Å². The topological polar surface area (TPSA) is 93.6 Å². The maximum absolute atomic E-state index is 14.9. The first-order valence-corrected chi connectivity index (χ1v) is 14.2. The molecule has 9 heteroatoms. The number of amides is 2. The molecule has 1 aromatic carbocycles. The van der Waals surface area contributed by atoms with Gasteiger partial charge in [0, 0.05) is 45.8 Å². The van der Waals surface area contributed by atoms with Crippen molar-refractivity contribution in [3.05, 3.63) is 35.1 Å². The number of carbonyl (C=O) groups excluding carboxylic acids is 2. The molecule has 0 aromatic heterocycles. The molecule has 5 atom stereocenters. The number of rotatable bonds is 8. The fourth-order valence-corrected chi connectivity index (χ4v) is 6.81. The Bertz CT molecular complexity index is 916. The van der Waals surface area contributed by atoms with Gasteiger partial charge in [-0.3, -0.25) is 14.5 Å². The van der Waals surface area contributed by atoms with Gasteiger partial charge in [0.05, 0.1) is 43.7 Å². The highest BCUT2D eigenvalue weighted by Crippen LogP contribution is 2.42. The predicted molar refractivity (Wildman–Crippen MR) is 142 cm³/mol. The normalized spacial score (nSPS) is 28.9. The van der Waals surface area contributed by atoms with Gasteiger partial charge in [0.15, 0.2) is 0 Å². The zero-order valence-electron chi connectivity index (χ0n) is 22.9. The average molecular weight is 534 g/mol. The SMILES string of the molecule is COCCN1C[C@H](C(=O)N2CCCC[C@@H]2CO)C(c2cccc(F)c2C)[C@H](C(=O)N2CCCC[C@H]2CO)C1. The summed E-state index contributed by atoms with van der Waals surface area (Å²) in [6.07, 6.45) is 5.18. The van der Waals surface area contributed by atoms with Crippen LogP contribution in [0.25, 0.3) is 0 Å². The molecule has 0 aliphatic carbocycles. The molecular weight excluding hydrogens is 489 g/mol. The number of ether oxygens (including phenoxy) is 1. The molecule has 2 N–H and O–H groups in total. The van der Waals surface area contributed by atoms with Gasteiger partial charge < -0.3 is 24.7 Å². The maximum atomic E-state index is 14.9. The summed E-state index contributed by atoms with van der Waals surface area (Å²) in [6, 6.07) is 4.45. The third-order valence-corrected chi connectivity index (χ3v) is 8.93. The van der Waals surface area contributed by atoms with E-state index in [0.717, 1.165) is 38.5 Å². The van der Waals surface area contributed by atoms with Crippen molar-refractivity contribution >= 4 is 11.8 Å². The summed E-state index contributed by atoms with van der Waals surface area (Å²) in [4.78, 5) is 34.3. The van der Waals surface area contributed by atoms with E-state index in [2.05, 4.69) is 4.90 Å². The van der Waals surface area contributed by atoms with Gasteiger partial charge in [0.2, 0.25) is 11.8 Å². The number of nitrogens with zero attached hydrogens (tertiary/aromatic N) is 3.